The van der Waals surface area contributed by atoms with Crippen molar-refractivity contribution in [2.24, 2.45) is 0 Å². The highest BCUT2D eigenvalue weighted by molar-refractivity contribution is 9.10. The van der Waals surface area contributed by atoms with Crippen LogP contribution in [0.4, 0.5) is 0 Å². The number of rotatable bonds is 6. The molecule has 2 aliphatic rings. The summed E-state index contributed by atoms with van der Waals surface area (Å²) in [5, 5.41) is 2.98. The van der Waals surface area contributed by atoms with Crippen LogP contribution in [0.2, 0.25) is 0 Å². The number of Topliss-reactive ketones (excluding diaryl/α,β-unsaturated/α-hetero) is 1. The molecule has 0 fully saturated rings. The molecule has 2 aromatic rings. The van der Waals surface area contributed by atoms with Gasteiger partial charge in [0.25, 0.3) is 0 Å². The molecular formula is C26H28BrNO5. The number of halogens is 1. The van der Waals surface area contributed by atoms with E-state index in [-0.39, 0.29) is 36.1 Å². The van der Waals surface area contributed by atoms with Crippen molar-refractivity contribution in [2.45, 2.75) is 51.0 Å². The minimum Gasteiger partial charge on any atom is -0.496 e. The Hall–Kier alpha value is -2.80. The number of methoxy groups -OCH3 is 2. The number of carbonyl (C=O) groups excluding carboxylic acids is 2. The van der Waals surface area contributed by atoms with Crippen LogP contribution < -0.4 is 19.5 Å². The second-order valence-corrected chi connectivity index (χ2v) is 9.60. The summed E-state index contributed by atoms with van der Waals surface area (Å²) in [7, 11) is 3.21. The third kappa shape index (κ3) is 4.78. The SMILES string of the molecule is COc1cc(C2CC(=O)C3=C(C2)NC(=O)CC3c2cc(Br)ccc2OC)ccc1OC(C)C. The van der Waals surface area contributed by atoms with Gasteiger partial charge in [0.05, 0.1) is 20.3 Å². The smallest absolute Gasteiger partial charge is 0.225 e. The van der Waals surface area contributed by atoms with Crippen molar-refractivity contribution in [3.8, 4) is 17.2 Å². The maximum absolute atomic E-state index is 13.4. The van der Waals surface area contributed by atoms with E-state index in [1.54, 1.807) is 14.2 Å². The van der Waals surface area contributed by atoms with E-state index in [1.807, 2.05) is 50.2 Å². The van der Waals surface area contributed by atoms with Crippen molar-refractivity contribution in [2.75, 3.05) is 14.2 Å². The van der Waals surface area contributed by atoms with Gasteiger partial charge in [-0.3, -0.25) is 9.59 Å². The molecule has 33 heavy (non-hydrogen) atoms. The lowest BCUT2D eigenvalue weighted by atomic mass is 9.73. The first kappa shape index (κ1) is 23.4. The summed E-state index contributed by atoms with van der Waals surface area (Å²) in [6.07, 6.45) is 1.19. The molecule has 0 aromatic heterocycles. The number of benzene rings is 2. The van der Waals surface area contributed by atoms with Crippen LogP contribution in [0.5, 0.6) is 17.2 Å². The summed E-state index contributed by atoms with van der Waals surface area (Å²) >= 11 is 3.51. The summed E-state index contributed by atoms with van der Waals surface area (Å²) in [6, 6.07) is 11.5. The number of nitrogens with one attached hydrogen (secondary N) is 1. The first-order valence-electron chi connectivity index (χ1n) is 11.0. The molecular weight excluding hydrogens is 486 g/mol. The fourth-order valence-corrected chi connectivity index (χ4v) is 5.11. The van der Waals surface area contributed by atoms with E-state index in [1.165, 1.54) is 0 Å². The Bertz CT molecular complexity index is 1120. The molecule has 0 radical (unpaired) electrons. The molecule has 1 aliphatic carbocycles. The zero-order valence-electron chi connectivity index (χ0n) is 19.2. The van der Waals surface area contributed by atoms with Gasteiger partial charge >= 0.3 is 0 Å². The van der Waals surface area contributed by atoms with Gasteiger partial charge in [-0.1, -0.05) is 22.0 Å². The van der Waals surface area contributed by atoms with Gasteiger partial charge in [0.1, 0.15) is 5.75 Å². The van der Waals surface area contributed by atoms with Crippen molar-refractivity contribution in [3.05, 3.63) is 63.3 Å². The van der Waals surface area contributed by atoms with Crippen LogP contribution in [-0.2, 0) is 9.59 Å². The summed E-state index contributed by atoms with van der Waals surface area (Å²) < 4.78 is 17.8. The number of carbonyl (C=O) groups is 2. The Balaban J connectivity index is 1.69. The Morgan fingerprint density at radius 1 is 0.939 bits per heavy atom. The van der Waals surface area contributed by atoms with E-state index in [0.717, 1.165) is 15.6 Å². The standard InChI is InChI=1S/C26H28BrNO5/c1-14(2)33-23-7-5-15(11-24(23)32-4)16-9-20-26(21(29)10-16)19(13-25(30)28-20)18-12-17(27)6-8-22(18)31-3/h5-8,11-12,14,16,19H,9-10,13H2,1-4H3,(H,28,30). The normalized spacial score (nSPS) is 20.4. The molecule has 0 saturated carbocycles. The van der Waals surface area contributed by atoms with Crippen LogP contribution in [0.15, 0.2) is 52.1 Å². The van der Waals surface area contributed by atoms with Gasteiger partial charge in [-0.05, 0) is 62.1 Å². The summed E-state index contributed by atoms with van der Waals surface area (Å²) in [5.74, 6) is 1.56. The molecule has 4 rings (SSSR count). The Labute approximate surface area is 202 Å². The maximum Gasteiger partial charge on any atom is 0.225 e. The summed E-state index contributed by atoms with van der Waals surface area (Å²) in [4.78, 5) is 26.1. The molecule has 6 nitrogen and oxygen atoms in total. The summed E-state index contributed by atoms with van der Waals surface area (Å²) in [6.45, 7) is 3.92. The monoisotopic (exact) mass is 513 g/mol. The van der Waals surface area contributed by atoms with Gasteiger partial charge in [-0.15, -0.1) is 0 Å². The fourth-order valence-electron chi connectivity index (χ4n) is 4.73. The van der Waals surface area contributed by atoms with Crippen LogP contribution in [-0.4, -0.2) is 32.0 Å². The second kappa shape index (κ2) is 9.59. The predicted molar refractivity (Wildman–Crippen MR) is 129 cm³/mol. The molecule has 2 aromatic carbocycles. The third-order valence-corrected chi connectivity index (χ3v) is 6.62. The zero-order valence-corrected chi connectivity index (χ0v) is 20.8. The van der Waals surface area contributed by atoms with E-state index >= 15 is 0 Å². The maximum atomic E-state index is 13.4. The van der Waals surface area contributed by atoms with Crippen LogP contribution in [0, 0.1) is 0 Å². The highest BCUT2D eigenvalue weighted by Gasteiger charge is 2.39. The van der Waals surface area contributed by atoms with Crippen LogP contribution >= 0.6 is 15.9 Å². The van der Waals surface area contributed by atoms with Crippen LogP contribution in [0.1, 0.15) is 56.1 Å². The third-order valence-electron chi connectivity index (χ3n) is 6.13. The van der Waals surface area contributed by atoms with Crippen LogP contribution in [0.25, 0.3) is 0 Å². The van der Waals surface area contributed by atoms with Crippen LogP contribution in [0.3, 0.4) is 0 Å². The van der Waals surface area contributed by atoms with Gasteiger partial charge in [0.2, 0.25) is 5.91 Å². The van der Waals surface area contributed by atoms with E-state index in [9.17, 15) is 9.59 Å². The molecule has 174 valence electrons. The van der Waals surface area contributed by atoms with E-state index in [0.29, 0.717) is 41.4 Å². The number of amides is 1. The Morgan fingerprint density at radius 2 is 1.67 bits per heavy atom. The highest BCUT2D eigenvalue weighted by atomic mass is 79.9. The Kier molecular flexibility index (Phi) is 6.79. The van der Waals surface area contributed by atoms with Gasteiger partial charge in [0, 0.05) is 40.1 Å². The lowest BCUT2D eigenvalue weighted by molar-refractivity contribution is -0.122. The van der Waals surface area contributed by atoms with Crippen molar-refractivity contribution in [1.82, 2.24) is 5.32 Å². The number of hydrogen-bond acceptors (Lipinski definition) is 5. The molecule has 2 atom stereocenters. The molecule has 0 saturated heterocycles. The van der Waals surface area contributed by atoms with E-state index < -0.39 is 0 Å². The van der Waals surface area contributed by atoms with Crippen molar-refractivity contribution in [1.29, 1.82) is 0 Å². The molecule has 1 amide bonds. The molecule has 2 unspecified atom stereocenters. The lowest BCUT2D eigenvalue weighted by Gasteiger charge is -2.35. The van der Waals surface area contributed by atoms with Gasteiger partial charge in [-0.25, -0.2) is 0 Å². The first-order chi connectivity index (χ1) is 15.8. The van der Waals surface area contributed by atoms with Crippen molar-refractivity contribution in [3.63, 3.8) is 0 Å². The quantitative estimate of drug-likeness (QED) is 0.570. The minimum atomic E-state index is -0.328. The van der Waals surface area contributed by atoms with Crippen molar-refractivity contribution < 1.29 is 23.8 Å². The van der Waals surface area contributed by atoms with Crippen molar-refractivity contribution >= 4 is 27.6 Å². The van der Waals surface area contributed by atoms with E-state index in [2.05, 4.69) is 21.2 Å². The first-order valence-corrected chi connectivity index (χ1v) is 11.8. The number of hydrogen-bond donors (Lipinski definition) is 1. The average Bonchev–Trinajstić information content (AvgIpc) is 2.78. The average molecular weight is 514 g/mol. The number of allylic oxidation sites excluding steroid dienone is 2. The topological polar surface area (TPSA) is 73.9 Å². The Morgan fingerprint density at radius 3 is 2.36 bits per heavy atom. The summed E-state index contributed by atoms with van der Waals surface area (Å²) in [5.41, 5.74) is 3.23. The highest BCUT2D eigenvalue weighted by Crippen LogP contribution is 2.46. The zero-order chi connectivity index (χ0) is 23.7. The molecule has 1 N–H and O–H groups in total. The molecule has 1 aliphatic heterocycles. The molecule has 0 spiro atoms. The lowest BCUT2D eigenvalue weighted by Crippen LogP contribution is -2.38. The van der Waals surface area contributed by atoms with Gasteiger partial charge < -0.3 is 19.5 Å². The number of ether oxygens (including phenoxy) is 3. The second-order valence-electron chi connectivity index (χ2n) is 8.69. The molecule has 0 bridgehead atoms. The fraction of sp³-hybridized carbons (Fsp3) is 0.385. The molecule has 1 heterocycles. The van der Waals surface area contributed by atoms with E-state index in [4.69, 9.17) is 14.2 Å². The van der Waals surface area contributed by atoms with Gasteiger partial charge in [0.15, 0.2) is 17.3 Å². The van der Waals surface area contributed by atoms with Gasteiger partial charge in [-0.2, -0.15) is 0 Å². The number of ketones is 1. The minimum absolute atomic E-state index is 0.0260. The predicted octanol–water partition coefficient (Wildman–Crippen LogP) is 5.26. The largest absolute Gasteiger partial charge is 0.496 e. The molecule has 7 heteroatoms.